The number of carbonyl (C=O) groups is 1. The number of aliphatic hydroxyl groups excluding tert-OH is 1. The number of ether oxygens (including phenoxy) is 1. The molecule has 0 aliphatic heterocycles. The molecular weight excluding hydrogens is 252 g/mol. The molecule has 0 heterocycles. The molecule has 0 fully saturated rings. The molecule has 108 valence electrons. The predicted molar refractivity (Wildman–Crippen MR) is 73.9 cm³/mol. The van der Waals surface area contributed by atoms with Gasteiger partial charge >= 0.3 is 5.97 Å². The van der Waals surface area contributed by atoms with Crippen molar-refractivity contribution in [2.24, 2.45) is 0 Å². The molecule has 0 spiro atoms. The van der Waals surface area contributed by atoms with Crippen LogP contribution in [0, 0.1) is 0 Å². The van der Waals surface area contributed by atoms with Crippen molar-refractivity contribution in [1.29, 1.82) is 0 Å². The summed E-state index contributed by atoms with van der Waals surface area (Å²) in [6.07, 6.45) is 7.41. The molecule has 5 heteroatoms. The minimum absolute atomic E-state index is 0.207. The Labute approximate surface area is 113 Å². The van der Waals surface area contributed by atoms with Gasteiger partial charge in [-0.2, -0.15) is 0 Å². The molecular formula is C13H26O4S. The topological polar surface area (TPSA) is 69.6 Å². The predicted octanol–water partition coefficient (Wildman–Crippen LogP) is 2.02. The monoisotopic (exact) mass is 278 g/mol. The lowest BCUT2D eigenvalue weighted by molar-refractivity contribution is -0.153. The third-order valence-corrected chi connectivity index (χ3v) is 3.50. The second-order valence-corrected chi connectivity index (χ2v) is 6.07. The lowest BCUT2D eigenvalue weighted by atomic mass is 10.1. The Morgan fingerprint density at radius 3 is 2.50 bits per heavy atom. The van der Waals surface area contributed by atoms with E-state index in [0.29, 0.717) is 12.4 Å². The van der Waals surface area contributed by atoms with E-state index < -0.39 is 23.2 Å². The van der Waals surface area contributed by atoms with Gasteiger partial charge in [-0.05, 0) is 6.42 Å². The fourth-order valence-corrected chi connectivity index (χ4v) is 2.10. The number of aliphatic hydroxyl groups is 1. The van der Waals surface area contributed by atoms with Crippen molar-refractivity contribution < 1.29 is 19.2 Å². The molecule has 0 aromatic heterocycles. The quantitative estimate of drug-likeness (QED) is 0.356. The first-order valence-electron chi connectivity index (χ1n) is 6.72. The third-order valence-electron chi connectivity index (χ3n) is 2.69. The average molecular weight is 278 g/mol. The summed E-state index contributed by atoms with van der Waals surface area (Å²) in [6, 6.07) is 0. The maximum absolute atomic E-state index is 11.3. The van der Waals surface area contributed by atoms with Crippen molar-refractivity contribution in [2.75, 3.05) is 18.6 Å². The number of unbranched alkanes of at least 4 members (excludes halogenated alkanes) is 5. The van der Waals surface area contributed by atoms with E-state index in [2.05, 4.69) is 6.92 Å². The molecule has 2 atom stereocenters. The van der Waals surface area contributed by atoms with Gasteiger partial charge in [-0.25, -0.2) is 4.79 Å². The van der Waals surface area contributed by atoms with Crippen LogP contribution in [0.2, 0.25) is 0 Å². The second kappa shape index (κ2) is 11.8. The van der Waals surface area contributed by atoms with Crippen LogP contribution < -0.4 is 0 Å². The Morgan fingerprint density at radius 1 is 1.28 bits per heavy atom. The van der Waals surface area contributed by atoms with Crippen LogP contribution >= 0.6 is 0 Å². The zero-order valence-corrected chi connectivity index (χ0v) is 12.3. The molecule has 4 nitrogen and oxygen atoms in total. The molecule has 0 rings (SSSR count). The van der Waals surface area contributed by atoms with Crippen LogP contribution in [-0.4, -0.2) is 40.3 Å². The van der Waals surface area contributed by atoms with Gasteiger partial charge in [0.25, 0.3) is 0 Å². The van der Waals surface area contributed by atoms with Crippen LogP contribution in [0.3, 0.4) is 0 Å². The van der Waals surface area contributed by atoms with Crippen LogP contribution in [0.4, 0.5) is 0 Å². The van der Waals surface area contributed by atoms with E-state index in [4.69, 9.17) is 4.74 Å². The van der Waals surface area contributed by atoms with Gasteiger partial charge < -0.3 is 14.4 Å². The lowest BCUT2D eigenvalue weighted by Gasteiger charge is -2.11. The van der Waals surface area contributed by atoms with Crippen molar-refractivity contribution in [1.82, 2.24) is 0 Å². The van der Waals surface area contributed by atoms with Gasteiger partial charge in [-0.3, -0.25) is 0 Å². The number of esters is 1. The first-order chi connectivity index (χ1) is 8.57. The van der Waals surface area contributed by atoms with Gasteiger partial charge in [0.05, 0.1) is 12.9 Å². The Kier molecular flexibility index (Phi) is 11.6. The van der Waals surface area contributed by atoms with Gasteiger partial charge in [0.2, 0.25) is 0 Å². The second-order valence-electron chi connectivity index (χ2n) is 4.52. The first-order valence-corrected chi connectivity index (χ1v) is 8.45. The molecule has 0 saturated heterocycles. The van der Waals surface area contributed by atoms with E-state index >= 15 is 0 Å². The van der Waals surface area contributed by atoms with Crippen LogP contribution in [0.15, 0.2) is 0 Å². The standard InChI is InChI=1S/C13H26O4S/c1-3-4-5-6-7-8-10-17-13(15)12(14)9-11-18(2)16/h12,14H,3-11H2,1-2H3. The number of hydrogen-bond donors (Lipinski definition) is 1. The largest absolute Gasteiger partial charge is 0.617 e. The van der Waals surface area contributed by atoms with Crippen LogP contribution in [0.25, 0.3) is 0 Å². The van der Waals surface area contributed by atoms with Crippen molar-refractivity contribution in [3.05, 3.63) is 0 Å². The van der Waals surface area contributed by atoms with Crippen LogP contribution in [0.1, 0.15) is 51.9 Å². The average Bonchev–Trinajstić information content (AvgIpc) is 2.34. The van der Waals surface area contributed by atoms with E-state index in [0.717, 1.165) is 12.8 Å². The van der Waals surface area contributed by atoms with Gasteiger partial charge in [-0.1, -0.05) is 50.2 Å². The van der Waals surface area contributed by atoms with Crippen molar-refractivity contribution in [2.45, 2.75) is 58.0 Å². The summed E-state index contributed by atoms with van der Waals surface area (Å²) >= 11 is -0.983. The van der Waals surface area contributed by atoms with E-state index in [-0.39, 0.29) is 6.42 Å². The number of carbonyl (C=O) groups excluding carboxylic acids is 1. The van der Waals surface area contributed by atoms with E-state index in [9.17, 15) is 14.5 Å². The highest BCUT2D eigenvalue weighted by Gasteiger charge is 2.17. The van der Waals surface area contributed by atoms with E-state index in [1.165, 1.54) is 25.7 Å². The Morgan fingerprint density at radius 2 is 1.89 bits per heavy atom. The van der Waals surface area contributed by atoms with E-state index in [1.807, 2.05) is 0 Å². The smallest absolute Gasteiger partial charge is 0.335 e. The molecule has 0 bridgehead atoms. The minimum atomic E-state index is -1.13. The zero-order valence-electron chi connectivity index (χ0n) is 11.5. The van der Waals surface area contributed by atoms with Gasteiger partial charge in [-0.15, -0.1) is 0 Å². The minimum Gasteiger partial charge on any atom is -0.617 e. The highest BCUT2D eigenvalue weighted by molar-refractivity contribution is 7.90. The Bertz CT molecular complexity index is 209. The summed E-state index contributed by atoms with van der Waals surface area (Å²) < 4.78 is 15.8. The summed E-state index contributed by atoms with van der Waals surface area (Å²) in [7, 11) is 0. The molecule has 2 unspecified atom stereocenters. The van der Waals surface area contributed by atoms with E-state index in [1.54, 1.807) is 6.26 Å². The van der Waals surface area contributed by atoms with Crippen LogP contribution in [0.5, 0.6) is 0 Å². The summed E-state index contributed by atoms with van der Waals surface area (Å²) in [4.78, 5) is 11.3. The molecule has 0 aromatic rings. The fraction of sp³-hybridized carbons (Fsp3) is 0.923. The van der Waals surface area contributed by atoms with Crippen molar-refractivity contribution in [3.8, 4) is 0 Å². The van der Waals surface area contributed by atoms with Crippen LogP contribution in [-0.2, 0) is 20.7 Å². The highest BCUT2D eigenvalue weighted by Crippen LogP contribution is 2.06. The number of rotatable bonds is 11. The molecule has 0 saturated carbocycles. The normalized spacial score (nSPS) is 14.2. The zero-order chi connectivity index (χ0) is 13.8. The molecule has 18 heavy (non-hydrogen) atoms. The maximum Gasteiger partial charge on any atom is 0.335 e. The summed E-state index contributed by atoms with van der Waals surface area (Å²) in [5, 5.41) is 9.43. The summed E-state index contributed by atoms with van der Waals surface area (Å²) in [5.74, 6) is -0.262. The molecule has 0 amide bonds. The van der Waals surface area contributed by atoms with Gasteiger partial charge in [0, 0.05) is 6.42 Å². The summed E-state index contributed by atoms with van der Waals surface area (Å²) in [6.45, 7) is 2.55. The first kappa shape index (κ1) is 17.7. The molecule has 0 aliphatic rings. The SMILES string of the molecule is CCCCCCCCOC(=O)C(O)CC[S+](C)[O-]. The highest BCUT2D eigenvalue weighted by atomic mass is 32.2. The Hall–Kier alpha value is -0.260. The van der Waals surface area contributed by atoms with Crippen molar-refractivity contribution in [3.63, 3.8) is 0 Å². The lowest BCUT2D eigenvalue weighted by Crippen LogP contribution is -2.26. The Balaban J connectivity index is 3.40. The molecule has 0 aromatic carbocycles. The number of hydrogen-bond acceptors (Lipinski definition) is 4. The molecule has 1 N–H and O–H groups in total. The van der Waals surface area contributed by atoms with Gasteiger partial charge in [0.1, 0.15) is 5.75 Å². The summed E-state index contributed by atoms with van der Waals surface area (Å²) in [5.41, 5.74) is 0. The maximum atomic E-state index is 11.3. The fourth-order valence-electron chi connectivity index (χ4n) is 1.55. The molecule has 0 aliphatic carbocycles. The molecule has 0 radical (unpaired) electrons. The van der Waals surface area contributed by atoms with Crippen molar-refractivity contribution >= 4 is 17.1 Å². The van der Waals surface area contributed by atoms with Gasteiger partial charge in [0.15, 0.2) is 6.10 Å². The third kappa shape index (κ3) is 10.9.